The summed E-state index contributed by atoms with van der Waals surface area (Å²) in [6.45, 7) is 11.0. The lowest BCUT2D eigenvalue weighted by Gasteiger charge is -2.43. The van der Waals surface area contributed by atoms with Gasteiger partial charge in [0.25, 0.3) is 5.91 Å². The summed E-state index contributed by atoms with van der Waals surface area (Å²) in [5.41, 5.74) is 2.40. The van der Waals surface area contributed by atoms with Crippen molar-refractivity contribution in [3.8, 4) is 0 Å². The summed E-state index contributed by atoms with van der Waals surface area (Å²) < 4.78 is 1.75. The maximum atomic E-state index is 13.1. The van der Waals surface area contributed by atoms with E-state index in [1.807, 2.05) is 17.3 Å². The van der Waals surface area contributed by atoms with Crippen molar-refractivity contribution in [3.63, 3.8) is 0 Å². The molecule has 2 aliphatic heterocycles. The molecule has 4 rings (SSSR count). The van der Waals surface area contributed by atoms with Gasteiger partial charge in [-0.15, -0.1) is 0 Å². The number of piperidine rings is 1. The molecule has 0 radical (unpaired) electrons. The lowest BCUT2D eigenvalue weighted by molar-refractivity contribution is 0.0374. The average Bonchev–Trinajstić information content (AvgIpc) is 3.14. The normalized spacial score (nSPS) is 21.0. The van der Waals surface area contributed by atoms with Crippen LogP contribution >= 0.6 is 0 Å². The van der Waals surface area contributed by atoms with E-state index in [-0.39, 0.29) is 5.91 Å². The quantitative estimate of drug-likeness (QED) is 0.804. The Bertz CT molecular complexity index is 799. The van der Waals surface area contributed by atoms with E-state index < -0.39 is 0 Å². The molecule has 0 aliphatic carbocycles. The molecule has 2 saturated heterocycles. The fourth-order valence-corrected chi connectivity index (χ4v) is 4.36. The number of carbonyl (C=O) groups excluding carboxylic acids is 1. The first-order valence-corrected chi connectivity index (χ1v) is 10.3. The summed E-state index contributed by atoms with van der Waals surface area (Å²) in [4.78, 5) is 24.6. The summed E-state index contributed by atoms with van der Waals surface area (Å²) in [6, 6.07) is 0.520. The molecule has 0 bridgehead atoms. The van der Waals surface area contributed by atoms with Gasteiger partial charge in [-0.25, -0.2) is 9.50 Å². The van der Waals surface area contributed by atoms with Crippen LogP contribution in [0.1, 0.15) is 49.0 Å². The van der Waals surface area contributed by atoms with E-state index in [2.05, 4.69) is 33.7 Å². The molecule has 0 saturated carbocycles. The van der Waals surface area contributed by atoms with Gasteiger partial charge in [-0.1, -0.05) is 20.3 Å². The molecule has 2 aliphatic rings. The highest BCUT2D eigenvalue weighted by Crippen LogP contribution is 2.23. The van der Waals surface area contributed by atoms with Crippen LogP contribution in [0.25, 0.3) is 5.65 Å². The topological polar surface area (TPSA) is 57.0 Å². The van der Waals surface area contributed by atoms with Gasteiger partial charge < -0.3 is 4.90 Å². The maximum absolute atomic E-state index is 13.1. The van der Waals surface area contributed by atoms with Crippen molar-refractivity contribution in [3.05, 3.63) is 29.7 Å². The molecule has 2 aromatic heterocycles. The minimum absolute atomic E-state index is 0.0687. The fraction of sp³-hybridized carbons (Fsp3) is 0.650. The van der Waals surface area contributed by atoms with Gasteiger partial charge >= 0.3 is 0 Å². The lowest BCUT2D eigenvalue weighted by atomic mass is 9.99. The Hall–Kier alpha value is -1.99. The van der Waals surface area contributed by atoms with E-state index in [1.54, 1.807) is 10.7 Å². The third kappa shape index (κ3) is 3.71. The standard InChI is InChI=1S/C20H30N6O/c1-3-23(4-2)13-16-11-21-19-18(12-22-26(19)14-16)20(27)25-10-9-24-8-6-5-7-17(24)15-25/h11-12,14,17H,3-10,13,15H2,1-2H3/t17-/m1/s1. The average molecular weight is 371 g/mol. The van der Waals surface area contributed by atoms with E-state index in [1.165, 1.54) is 25.8 Å². The summed E-state index contributed by atoms with van der Waals surface area (Å²) in [6.07, 6.45) is 9.32. The number of nitrogens with zero attached hydrogens (tertiary/aromatic N) is 6. The van der Waals surface area contributed by atoms with Crippen LogP contribution in [-0.4, -0.2) is 80.5 Å². The molecule has 146 valence electrons. The van der Waals surface area contributed by atoms with Crippen LogP contribution in [0.5, 0.6) is 0 Å². The number of aromatic nitrogens is 3. The third-order valence-electron chi connectivity index (χ3n) is 6.07. The van der Waals surface area contributed by atoms with Gasteiger partial charge in [-0.3, -0.25) is 14.6 Å². The van der Waals surface area contributed by atoms with E-state index >= 15 is 0 Å². The van der Waals surface area contributed by atoms with Crippen molar-refractivity contribution in [2.45, 2.75) is 45.7 Å². The second-order valence-electron chi connectivity index (χ2n) is 7.69. The molecule has 4 heterocycles. The predicted molar refractivity (Wildman–Crippen MR) is 105 cm³/mol. The minimum Gasteiger partial charge on any atom is -0.336 e. The van der Waals surface area contributed by atoms with Gasteiger partial charge in [-0.2, -0.15) is 5.10 Å². The highest BCUT2D eigenvalue weighted by atomic mass is 16.2. The molecule has 0 N–H and O–H groups in total. The van der Waals surface area contributed by atoms with Crippen molar-refractivity contribution < 1.29 is 4.79 Å². The summed E-state index contributed by atoms with van der Waals surface area (Å²) in [5, 5.41) is 4.41. The zero-order chi connectivity index (χ0) is 18.8. The molecule has 1 atom stereocenters. The number of fused-ring (bicyclic) bond motifs is 2. The number of rotatable bonds is 5. The van der Waals surface area contributed by atoms with Crippen molar-refractivity contribution >= 4 is 11.6 Å². The van der Waals surface area contributed by atoms with Crippen molar-refractivity contribution in [2.75, 3.05) is 39.3 Å². The van der Waals surface area contributed by atoms with Crippen molar-refractivity contribution in [2.24, 2.45) is 0 Å². The highest BCUT2D eigenvalue weighted by Gasteiger charge is 2.32. The van der Waals surface area contributed by atoms with E-state index in [9.17, 15) is 4.79 Å². The van der Waals surface area contributed by atoms with Gasteiger partial charge in [0, 0.05) is 50.2 Å². The Kier molecular flexibility index (Phi) is 5.41. The van der Waals surface area contributed by atoms with Gasteiger partial charge in [0.15, 0.2) is 5.65 Å². The molecule has 7 heteroatoms. The van der Waals surface area contributed by atoms with E-state index in [0.717, 1.165) is 44.8 Å². The summed E-state index contributed by atoms with van der Waals surface area (Å²) >= 11 is 0. The van der Waals surface area contributed by atoms with E-state index in [0.29, 0.717) is 17.3 Å². The molecule has 2 aromatic rings. The molecular weight excluding hydrogens is 340 g/mol. The smallest absolute Gasteiger partial charge is 0.259 e. The van der Waals surface area contributed by atoms with Crippen molar-refractivity contribution in [1.29, 1.82) is 0 Å². The second kappa shape index (κ2) is 7.94. The number of amides is 1. The van der Waals surface area contributed by atoms with E-state index in [4.69, 9.17) is 0 Å². The molecule has 2 fully saturated rings. The van der Waals surface area contributed by atoms with Gasteiger partial charge in [-0.05, 0) is 32.5 Å². The molecule has 0 unspecified atom stereocenters. The first-order valence-electron chi connectivity index (χ1n) is 10.3. The fourth-order valence-electron chi connectivity index (χ4n) is 4.36. The Labute approximate surface area is 160 Å². The Morgan fingerprint density at radius 2 is 2.04 bits per heavy atom. The van der Waals surface area contributed by atoms with Gasteiger partial charge in [0.2, 0.25) is 0 Å². The van der Waals surface area contributed by atoms with Crippen LogP contribution in [-0.2, 0) is 6.54 Å². The molecule has 27 heavy (non-hydrogen) atoms. The minimum atomic E-state index is 0.0687. The van der Waals surface area contributed by atoms with Crippen LogP contribution in [0.3, 0.4) is 0 Å². The number of hydrogen-bond acceptors (Lipinski definition) is 5. The zero-order valence-corrected chi connectivity index (χ0v) is 16.5. The molecule has 0 aromatic carbocycles. The molecule has 1 amide bonds. The number of hydrogen-bond donors (Lipinski definition) is 0. The lowest BCUT2D eigenvalue weighted by Crippen LogP contribution is -2.56. The first kappa shape index (κ1) is 18.4. The van der Waals surface area contributed by atoms with Crippen molar-refractivity contribution in [1.82, 2.24) is 29.3 Å². The van der Waals surface area contributed by atoms with Crippen LogP contribution < -0.4 is 0 Å². The maximum Gasteiger partial charge on any atom is 0.259 e. The highest BCUT2D eigenvalue weighted by molar-refractivity contribution is 5.99. The SMILES string of the molecule is CCN(CC)Cc1cnc2c(C(=O)N3CCN4CCCC[C@@H]4C3)cnn2c1. The summed E-state index contributed by atoms with van der Waals surface area (Å²) in [7, 11) is 0. The van der Waals surface area contributed by atoms with Crippen LogP contribution in [0, 0.1) is 0 Å². The predicted octanol–water partition coefficient (Wildman–Crippen LogP) is 1.88. The third-order valence-corrected chi connectivity index (χ3v) is 6.07. The van der Waals surface area contributed by atoms with Gasteiger partial charge in [0.05, 0.1) is 6.20 Å². The molecule has 0 spiro atoms. The Morgan fingerprint density at radius 3 is 2.85 bits per heavy atom. The molecule has 7 nitrogen and oxygen atoms in total. The molecular formula is C20H30N6O. The largest absolute Gasteiger partial charge is 0.336 e. The van der Waals surface area contributed by atoms with Crippen LogP contribution in [0.15, 0.2) is 18.6 Å². The first-order chi connectivity index (χ1) is 13.2. The number of piperazine rings is 1. The zero-order valence-electron chi connectivity index (χ0n) is 16.5. The summed E-state index contributed by atoms with van der Waals surface area (Å²) in [5.74, 6) is 0.0687. The second-order valence-corrected chi connectivity index (χ2v) is 7.69. The van der Waals surface area contributed by atoms with Crippen LogP contribution in [0.2, 0.25) is 0 Å². The number of carbonyl (C=O) groups is 1. The Morgan fingerprint density at radius 1 is 1.19 bits per heavy atom. The van der Waals surface area contributed by atoms with Gasteiger partial charge in [0.1, 0.15) is 5.56 Å². The van der Waals surface area contributed by atoms with Crippen LogP contribution in [0.4, 0.5) is 0 Å². The monoisotopic (exact) mass is 370 g/mol. The Balaban J connectivity index is 1.50.